The molecule has 0 unspecified atom stereocenters. The number of rotatable bonds is 4. The molecule has 0 atom stereocenters. The summed E-state index contributed by atoms with van der Waals surface area (Å²) in [7, 11) is 0. The molecule has 0 aliphatic heterocycles. The number of halogens is 1. The number of anilines is 1. The van der Waals surface area contributed by atoms with Crippen molar-refractivity contribution in [3.63, 3.8) is 0 Å². The number of benzene rings is 1. The smallest absolute Gasteiger partial charge is 0.216 e. The summed E-state index contributed by atoms with van der Waals surface area (Å²) in [5.74, 6) is -0.0142. The van der Waals surface area contributed by atoms with E-state index in [0.29, 0.717) is 18.1 Å². The van der Waals surface area contributed by atoms with Crippen LogP contribution < -0.4 is 10.6 Å². The fourth-order valence-electron chi connectivity index (χ4n) is 1.22. The standard InChI is InChI=1S/C11H15ClN2O/c1-8-3-4-10(12)7-11(8)14-6-5-13-9(2)15/h3-4,7,14H,5-6H2,1-2H3,(H,13,15). The first kappa shape index (κ1) is 11.9. The molecular formula is C11H15ClN2O. The molecular weight excluding hydrogens is 212 g/mol. The summed E-state index contributed by atoms with van der Waals surface area (Å²) in [5.41, 5.74) is 2.15. The van der Waals surface area contributed by atoms with Crippen LogP contribution in [0.15, 0.2) is 18.2 Å². The Hall–Kier alpha value is -1.22. The lowest BCUT2D eigenvalue weighted by Crippen LogP contribution is -2.26. The van der Waals surface area contributed by atoms with Gasteiger partial charge in [-0.15, -0.1) is 0 Å². The molecule has 0 fully saturated rings. The van der Waals surface area contributed by atoms with Gasteiger partial charge < -0.3 is 10.6 Å². The first-order chi connectivity index (χ1) is 7.09. The van der Waals surface area contributed by atoms with Crippen LogP contribution in [-0.4, -0.2) is 19.0 Å². The summed E-state index contributed by atoms with van der Waals surface area (Å²) in [5, 5.41) is 6.64. The van der Waals surface area contributed by atoms with Gasteiger partial charge in [0.05, 0.1) is 0 Å². The van der Waals surface area contributed by atoms with E-state index in [-0.39, 0.29) is 5.91 Å². The maximum Gasteiger partial charge on any atom is 0.216 e. The quantitative estimate of drug-likeness (QED) is 0.773. The molecule has 0 spiro atoms. The van der Waals surface area contributed by atoms with Crippen LogP contribution in [0.5, 0.6) is 0 Å². The number of amides is 1. The van der Waals surface area contributed by atoms with E-state index in [4.69, 9.17) is 11.6 Å². The van der Waals surface area contributed by atoms with Gasteiger partial charge >= 0.3 is 0 Å². The SMILES string of the molecule is CC(=O)NCCNc1cc(Cl)ccc1C. The van der Waals surface area contributed by atoms with Gasteiger partial charge in [-0.1, -0.05) is 17.7 Å². The molecule has 0 aliphatic carbocycles. The van der Waals surface area contributed by atoms with Gasteiger partial charge in [0.2, 0.25) is 5.91 Å². The molecule has 3 nitrogen and oxygen atoms in total. The second-order valence-corrected chi connectivity index (χ2v) is 3.81. The largest absolute Gasteiger partial charge is 0.383 e. The minimum absolute atomic E-state index is 0.0142. The highest BCUT2D eigenvalue weighted by atomic mass is 35.5. The topological polar surface area (TPSA) is 41.1 Å². The maximum absolute atomic E-state index is 10.6. The zero-order valence-electron chi connectivity index (χ0n) is 8.93. The number of hydrogen-bond acceptors (Lipinski definition) is 2. The highest BCUT2D eigenvalue weighted by Gasteiger charge is 1.98. The summed E-state index contributed by atoms with van der Waals surface area (Å²) in [6, 6.07) is 5.70. The number of nitrogens with one attached hydrogen (secondary N) is 2. The third kappa shape index (κ3) is 4.21. The van der Waals surface area contributed by atoms with Crippen molar-refractivity contribution in [2.45, 2.75) is 13.8 Å². The van der Waals surface area contributed by atoms with Gasteiger partial charge in [0, 0.05) is 30.7 Å². The molecule has 15 heavy (non-hydrogen) atoms. The Morgan fingerprint density at radius 1 is 1.40 bits per heavy atom. The number of carbonyl (C=O) groups excluding carboxylic acids is 1. The van der Waals surface area contributed by atoms with Crippen LogP contribution in [0.2, 0.25) is 5.02 Å². The van der Waals surface area contributed by atoms with Crippen LogP contribution in [0.4, 0.5) is 5.69 Å². The van der Waals surface area contributed by atoms with E-state index >= 15 is 0 Å². The lowest BCUT2D eigenvalue weighted by molar-refractivity contribution is -0.118. The van der Waals surface area contributed by atoms with E-state index in [9.17, 15) is 4.79 Å². The lowest BCUT2D eigenvalue weighted by atomic mass is 10.2. The highest BCUT2D eigenvalue weighted by Crippen LogP contribution is 2.19. The maximum atomic E-state index is 10.6. The Morgan fingerprint density at radius 2 is 2.13 bits per heavy atom. The third-order valence-electron chi connectivity index (χ3n) is 2.01. The van der Waals surface area contributed by atoms with Crippen molar-refractivity contribution < 1.29 is 4.79 Å². The van der Waals surface area contributed by atoms with Crippen molar-refractivity contribution >= 4 is 23.2 Å². The summed E-state index contributed by atoms with van der Waals surface area (Å²) >= 11 is 5.87. The van der Waals surface area contributed by atoms with Crippen molar-refractivity contribution in [3.05, 3.63) is 28.8 Å². The predicted octanol–water partition coefficient (Wildman–Crippen LogP) is 2.20. The van der Waals surface area contributed by atoms with Gasteiger partial charge in [-0.2, -0.15) is 0 Å². The van der Waals surface area contributed by atoms with Gasteiger partial charge in [-0.05, 0) is 24.6 Å². The van der Waals surface area contributed by atoms with Gasteiger partial charge in [0.1, 0.15) is 0 Å². The number of aryl methyl sites for hydroxylation is 1. The Balaban J connectivity index is 2.43. The molecule has 0 saturated carbocycles. The Morgan fingerprint density at radius 3 is 2.80 bits per heavy atom. The molecule has 1 amide bonds. The molecule has 4 heteroatoms. The van der Waals surface area contributed by atoms with Crippen molar-refractivity contribution in [2.24, 2.45) is 0 Å². The van der Waals surface area contributed by atoms with Crippen LogP contribution in [0.25, 0.3) is 0 Å². The summed E-state index contributed by atoms with van der Waals surface area (Å²) in [6.07, 6.45) is 0. The van der Waals surface area contributed by atoms with E-state index < -0.39 is 0 Å². The van der Waals surface area contributed by atoms with Gasteiger partial charge in [0.15, 0.2) is 0 Å². The van der Waals surface area contributed by atoms with Crippen LogP contribution >= 0.6 is 11.6 Å². The van der Waals surface area contributed by atoms with Gasteiger partial charge in [-0.3, -0.25) is 4.79 Å². The summed E-state index contributed by atoms with van der Waals surface area (Å²) < 4.78 is 0. The van der Waals surface area contributed by atoms with Gasteiger partial charge in [-0.25, -0.2) is 0 Å². The second-order valence-electron chi connectivity index (χ2n) is 3.37. The lowest BCUT2D eigenvalue weighted by Gasteiger charge is -2.09. The predicted molar refractivity (Wildman–Crippen MR) is 63.4 cm³/mol. The zero-order chi connectivity index (χ0) is 11.3. The normalized spacial score (nSPS) is 9.80. The summed E-state index contributed by atoms with van der Waals surface area (Å²) in [4.78, 5) is 10.6. The van der Waals surface area contributed by atoms with Crippen LogP contribution in [0.1, 0.15) is 12.5 Å². The van der Waals surface area contributed by atoms with Crippen LogP contribution in [0.3, 0.4) is 0 Å². The van der Waals surface area contributed by atoms with E-state index in [1.165, 1.54) is 6.92 Å². The zero-order valence-corrected chi connectivity index (χ0v) is 9.69. The van der Waals surface area contributed by atoms with Crippen molar-refractivity contribution in [3.8, 4) is 0 Å². The molecule has 0 heterocycles. The molecule has 1 rings (SSSR count). The Kier molecular flexibility index (Phi) is 4.43. The molecule has 1 aromatic carbocycles. The molecule has 0 bridgehead atoms. The van der Waals surface area contributed by atoms with Crippen molar-refractivity contribution in [1.29, 1.82) is 0 Å². The Labute approximate surface area is 94.8 Å². The number of carbonyl (C=O) groups is 1. The minimum atomic E-state index is -0.0142. The molecule has 0 radical (unpaired) electrons. The van der Waals surface area contributed by atoms with Crippen molar-refractivity contribution in [2.75, 3.05) is 18.4 Å². The molecule has 0 saturated heterocycles. The molecule has 2 N–H and O–H groups in total. The number of hydrogen-bond donors (Lipinski definition) is 2. The first-order valence-corrected chi connectivity index (χ1v) is 5.22. The van der Waals surface area contributed by atoms with Gasteiger partial charge in [0.25, 0.3) is 0 Å². The van der Waals surface area contributed by atoms with E-state index in [0.717, 1.165) is 11.3 Å². The van der Waals surface area contributed by atoms with Crippen molar-refractivity contribution in [1.82, 2.24) is 5.32 Å². The Bertz CT molecular complexity index is 352. The minimum Gasteiger partial charge on any atom is -0.383 e. The fourth-order valence-corrected chi connectivity index (χ4v) is 1.39. The van der Waals surface area contributed by atoms with E-state index in [1.807, 2.05) is 25.1 Å². The molecule has 0 aliphatic rings. The average molecular weight is 227 g/mol. The van der Waals surface area contributed by atoms with Crippen LogP contribution in [-0.2, 0) is 4.79 Å². The second kappa shape index (κ2) is 5.61. The van der Waals surface area contributed by atoms with E-state index in [1.54, 1.807) is 0 Å². The van der Waals surface area contributed by atoms with E-state index in [2.05, 4.69) is 10.6 Å². The first-order valence-electron chi connectivity index (χ1n) is 4.84. The molecule has 0 aromatic heterocycles. The fraction of sp³-hybridized carbons (Fsp3) is 0.364. The highest BCUT2D eigenvalue weighted by molar-refractivity contribution is 6.30. The summed E-state index contributed by atoms with van der Waals surface area (Å²) in [6.45, 7) is 4.82. The van der Waals surface area contributed by atoms with Crippen LogP contribution in [0, 0.1) is 6.92 Å². The monoisotopic (exact) mass is 226 g/mol. The average Bonchev–Trinajstić information content (AvgIpc) is 2.17. The molecule has 82 valence electrons. The third-order valence-corrected chi connectivity index (χ3v) is 2.25. The molecule has 1 aromatic rings.